The van der Waals surface area contributed by atoms with Gasteiger partial charge in [0.1, 0.15) is 28.6 Å². The van der Waals surface area contributed by atoms with Crippen LogP contribution in [0.1, 0.15) is 24.0 Å². The zero-order valence-corrected chi connectivity index (χ0v) is 18.0. The fourth-order valence-electron chi connectivity index (χ4n) is 5.67. The third kappa shape index (κ3) is 2.63. The maximum atomic E-state index is 13.7. The van der Waals surface area contributed by atoms with Gasteiger partial charge in [0.05, 0.1) is 23.6 Å². The third-order valence-corrected chi connectivity index (χ3v) is 7.08. The fraction of sp³-hybridized carbons (Fsp3) is 0.409. The third-order valence-electron chi connectivity index (χ3n) is 7.08. The highest BCUT2D eigenvalue weighted by Crippen LogP contribution is 2.57. The molecular weight excluding hydrogens is 436 g/mol. The number of benzene rings is 1. The number of carbonyl (C=O) groups is 3. The summed E-state index contributed by atoms with van der Waals surface area (Å²) in [6, 6.07) is 0.863. The monoisotopic (exact) mass is 460 g/mol. The van der Waals surface area contributed by atoms with Crippen molar-refractivity contribution in [3.63, 3.8) is 0 Å². The van der Waals surface area contributed by atoms with E-state index in [1.54, 1.807) is 0 Å². The Labute approximate surface area is 187 Å². The molecule has 0 aromatic heterocycles. The summed E-state index contributed by atoms with van der Waals surface area (Å²) in [5, 5.41) is 65.3. The van der Waals surface area contributed by atoms with Gasteiger partial charge < -0.3 is 36.4 Å². The minimum atomic E-state index is -2.96. The number of likely N-dealkylation sites (N-methyl/N-ethyl adjacent to an activating group) is 1. The van der Waals surface area contributed by atoms with Crippen molar-refractivity contribution in [1.82, 2.24) is 4.90 Å². The molecule has 0 heterocycles. The molecule has 0 saturated heterocycles. The summed E-state index contributed by atoms with van der Waals surface area (Å²) in [6.07, 6.45) is -1.71. The number of phenolic OH excluding ortho intramolecular Hbond substituents is 2. The van der Waals surface area contributed by atoms with Gasteiger partial charge in [-0.15, -0.1) is 0 Å². The molecule has 0 aliphatic heterocycles. The Morgan fingerprint density at radius 3 is 2.21 bits per heavy atom. The summed E-state index contributed by atoms with van der Waals surface area (Å²) < 4.78 is 0. The number of primary amides is 1. The van der Waals surface area contributed by atoms with Crippen LogP contribution in [0.2, 0.25) is 0 Å². The lowest BCUT2D eigenvalue weighted by Gasteiger charge is -2.53. The topological polar surface area (TPSA) is 202 Å². The van der Waals surface area contributed by atoms with Crippen molar-refractivity contribution >= 4 is 23.2 Å². The van der Waals surface area contributed by atoms with E-state index in [2.05, 4.69) is 0 Å². The van der Waals surface area contributed by atoms with Crippen molar-refractivity contribution in [3.05, 3.63) is 40.2 Å². The Bertz CT molecular complexity index is 1180. The molecule has 1 aromatic rings. The van der Waals surface area contributed by atoms with Crippen molar-refractivity contribution in [2.75, 3.05) is 14.1 Å². The van der Waals surface area contributed by atoms with Crippen molar-refractivity contribution in [2.24, 2.45) is 17.6 Å². The number of fused-ring (bicyclic) bond motifs is 3. The van der Waals surface area contributed by atoms with Crippen LogP contribution < -0.4 is 5.73 Å². The van der Waals surface area contributed by atoms with E-state index in [1.807, 2.05) is 0 Å². The van der Waals surface area contributed by atoms with Crippen molar-refractivity contribution in [2.45, 2.75) is 30.6 Å². The molecule has 1 saturated carbocycles. The van der Waals surface area contributed by atoms with Gasteiger partial charge in [-0.05, 0) is 32.1 Å². The van der Waals surface area contributed by atoms with Crippen LogP contribution in [0.25, 0.3) is 5.76 Å². The Balaban J connectivity index is 2.08. The second-order valence-corrected chi connectivity index (χ2v) is 8.94. The first-order chi connectivity index (χ1) is 15.3. The van der Waals surface area contributed by atoms with Crippen LogP contribution in [0.3, 0.4) is 0 Å². The smallest absolute Gasteiger partial charge is 0.255 e. The Morgan fingerprint density at radius 1 is 1.09 bits per heavy atom. The number of amides is 1. The zero-order valence-electron chi connectivity index (χ0n) is 18.0. The standard InChI is InChI=1S/C22H24N2O9/c1-6-9-7(25)4-5-8(26)11(9)16(27)12-10(6)17(28)14-15(24(2)3)18(29)13(21(23)32)20(31)22(14,33)19(12)30/h4-6,10,14-15,17,25-28,31,33H,1-3H3,(H2,23,32)/t6-,10+,14+,15-,17-,22-/m0/s1. The minimum Gasteiger partial charge on any atom is -0.508 e. The number of nitrogens with zero attached hydrogens (tertiary/aromatic N) is 1. The highest BCUT2D eigenvalue weighted by Gasteiger charge is 2.68. The number of hydrogen-bond acceptors (Lipinski definition) is 10. The lowest BCUT2D eigenvalue weighted by molar-refractivity contribution is -0.169. The highest BCUT2D eigenvalue weighted by molar-refractivity contribution is 6.24. The number of ketones is 2. The number of Topliss-reactive ketones (excluding diaryl/α,β-unsaturated/α-hetero) is 2. The Hall–Kier alpha value is -3.41. The summed E-state index contributed by atoms with van der Waals surface area (Å²) >= 11 is 0. The Kier molecular flexibility index (Phi) is 4.86. The predicted molar refractivity (Wildman–Crippen MR) is 112 cm³/mol. The number of carbonyl (C=O) groups excluding carboxylic acids is 3. The number of aliphatic hydroxyl groups is 4. The quantitative estimate of drug-likeness (QED) is 0.216. The van der Waals surface area contributed by atoms with Crippen LogP contribution in [0.4, 0.5) is 0 Å². The van der Waals surface area contributed by atoms with Crippen LogP contribution in [-0.4, -0.2) is 84.9 Å². The lowest BCUT2D eigenvalue weighted by atomic mass is 9.54. The van der Waals surface area contributed by atoms with Gasteiger partial charge in [-0.25, -0.2) is 0 Å². The second-order valence-electron chi connectivity index (χ2n) is 8.94. The largest absolute Gasteiger partial charge is 0.508 e. The molecule has 3 aliphatic carbocycles. The van der Waals surface area contributed by atoms with Gasteiger partial charge in [-0.3, -0.25) is 19.3 Å². The van der Waals surface area contributed by atoms with Crippen LogP contribution in [0.15, 0.2) is 29.0 Å². The van der Waals surface area contributed by atoms with E-state index < -0.39 is 81.4 Å². The molecular formula is C22H24N2O9. The molecule has 0 radical (unpaired) electrons. The van der Waals surface area contributed by atoms with Gasteiger partial charge in [0.2, 0.25) is 5.78 Å². The molecule has 0 spiro atoms. The molecule has 4 rings (SSSR count). The maximum Gasteiger partial charge on any atom is 0.255 e. The molecule has 0 bridgehead atoms. The van der Waals surface area contributed by atoms with Gasteiger partial charge in [0.15, 0.2) is 11.4 Å². The van der Waals surface area contributed by atoms with E-state index in [9.17, 15) is 45.0 Å². The fourth-order valence-corrected chi connectivity index (χ4v) is 5.67. The van der Waals surface area contributed by atoms with E-state index in [0.29, 0.717) is 0 Å². The van der Waals surface area contributed by atoms with Crippen LogP contribution in [0.5, 0.6) is 11.5 Å². The normalized spacial score (nSPS) is 33.7. The van der Waals surface area contributed by atoms with Crippen LogP contribution in [0, 0.1) is 11.8 Å². The van der Waals surface area contributed by atoms with Gasteiger partial charge in [0.25, 0.3) is 5.91 Å². The van der Waals surface area contributed by atoms with E-state index in [4.69, 9.17) is 5.73 Å². The number of nitrogens with two attached hydrogens (primary N) is 1. The molecule has 176 valence electrons. The van der Waals surface area contributed by atoms with Gasteiger partial charge in [-0.2, -0.15) is 0 Å². The van der Waals surface area contributed by atoms with Crippen molar-refractivity contribution in [3.8, 4) is 11.5 Å². The Morgan fingerprint density at radius 2 is 1.67 bits per heavy atom. The van der Waals surface area contributed by atoms with E-state index in [-0.39, 0.29) is 16.9 Å². The molecule has 1 amide bonds. The van der Waals surface area contributed by atoms with Crippen LogP contribution >= 0.6 is 0 Å². The summed E-state index contributed by atoms with van der Waals surface area (Å²) in [7, 11) is 2.85. The summed E-state index contributed by atoms with van der Waals surface area (Å²) in [5.74, 6) is -10.2. The molecule has 1 fully saturated rings. The number of aliphatic hydroxyl groups excluding tert-OH is 3. The second kappa shape index (κ2) is 7.04. The summed E-state index contributed by atoms with van der Waals surface area (Å²) in [5.41, 5.74) is 0.612. The first kappa shape index (κ1) is 22.8. The average Bonchev–Trinajstić information content (AvgIpc) is 2.72. The SMILES string of the molecule is C[C@H]1c2c(O)ccc(O)c2C(O)=C2C(=O)[C@]3(O)C(O)=C(C(N)=O)C(=O)[C@@H](N(C)C)[C@@H]3[C@@H](O)[C@@H]21. The highest BCUT2D eigenvalue weighted by atomic mass is 16.4. The van der Waals surface area contributed by atoms with Crippen molar-refractivity contribution < 1.29 is 45.0 Å². The number of hydrogen-bond donors (Lipinski definition) is 7. The molecule has 3 aliphatic rings. The first-order valence-electron chi connectivity index (χ1n) is 10.2. The van der Waals surface area contributed by atoms with Crippen LogP contribution in [-0.2, 0) is 14.4 Å². The summed E-state index contributed by atoms with van der Waals surface area (Å²) in [4.78, 5) is 40.0. The molecule has 33 heavy (non-hydrogen) atoms. The first-order valence-corrected chi connectivity index (χ1v) is 10.2. The number of aromatic hydroxyl groups is 2. The van der Waals surface area contributed by atoms with E-state index >= 15 is 0 Å². The van der Waals surface area contributed by atoms with Gasteiger partial charge in [0, 0.05) is 17.1 Å². The zero-order chi connectivity index (χ0) is 24.7. The average molecular weight is 460 g/mol. The predicted octanol–water partition coefficient (Wildman–Crippen LogP) is -0.799. The van der Waals surface area contributed by atoms with E-state index in [0.717, 1.165) is 6.07 Å². The molecule has 0 unspecified atom stereocenters. The van der Waals surface area contributed by atoms with E-state index in [1.165, 1.54) is 32.0 Å². The maximum absolute atomic E-state index is 13.7. The minimum absolute atomic E-state index is 0.0691. The molecule has 11 heteroatoms. The molecule has 8 N–H and O–H groups in total. The van der Waals surface area contributed by atoms with Gasteiger partial charge in [-0.1, -0.05) is 6.92 Å². The molecule has 11 nitrogen and oxygen atoms in total. The molecule has 6 atom stereocenters. The molecule has 1 aromatic carbocycles. The number of rotatable bonds is 2. The summed E-state index contributed by atoms with van der Waals surface area (Å²) in [6.45, 7) is 1.54. The van der Waals surface area contributed by atoms with Gasteiger partial charge >= 0.3 is 0 Å². The van der Waals surface area contributed by atoms with Crippen molar-refractivity contribution in [1.29, 1.82) is 0 Å². The number of phenols is 2. The lowest BCUT2D eigenvalue weighted by Crippen LogP contribution is -2.70.